The molecule has 2 aromatic carbocycles. The van der Waals surface area contributed by atoms with Crippen molar-refractivity contribution in [1.82, 2.24) is 5.06 Å². The van der Waals surface area contributed by atoms with Crippen LogP contribution in [0.15, 0.2) is 64.3 Å². The number of aliphatic imine (C=N–C) groups is 2. The molecule has 0 spiro atoms. The zero-order chi connectivity index (χ0) is 18.1. The fourth-order valence-corrected chi connectivity index (χ4v) is 3.50. The summed E-state index contributed by atoms with van der Waals surface area (Å²) in [6.07, 6.45) is 2.76. The van der Waals surface area contributed by atoms with Crippen LogP contribution in [-0.4, -0.2) is 21.8 Å². The summed E-state index contributed by atoms with van der Waals surface area (Å²) in [5.41, 5.74) is 1.60. The molecule has 1 unspecified atom stereocenters. The molecule has 128 valence electrons. The number of fused-ring (bicyclic) bond motifs is 1. The summed E-state index contributed by atoms with van der Waals surface area (Å²) in [5.74, 6) is 0.423. The maximum Gasteiger partial charge on any atom is 1.00 e. The molecule has 4 rings (SSSR count). The molecule has 2 aromatic rings. The van der Waals surface area contributed by atoms with Crippen molar-refractivity contribution < 1.29 is 60.5 Å². The number of nitrogens with zero attached hydrogens (tertiary/aromatic N) is 4. The van der Waals surface area contributed by atoms with Gasteiger partial charge in [0.25, 0.3) is 0 Å². The fraction of sp³-hybridized carbons (Fsp3) is 0.0556. The zero-order valence-electron chi connectivity index (χ0n) is 14.2. The minimum atomic E-state index is -0.455. The normalized spacial score (nSPS) is 17.4. The van der Waals surface area contributed by atoms with E-state index in [9.17, 15) is 14.9 Å². The second-order valence-electron chi connectivity index (χ2n) is 5.44. The number of hydroxylamine groups is 2. The van der Waals surface area contributed by atoms with Crippen LogP contribution in [-0.2, 0) is 0 Å². The molecule has 0 amide bonds. The number of rotatable bonds is 3. The topological polar surface area (TPSA) is 84.0 Å². The van der Waals surface area contributed by atoms with Gasteiger partial charge in [-0.2, -0.15) is 5.26 Å². The number of halogens is 1. The first-order valence-electron chi connectivity index (χ1n) is 7.56. The summed E-state index contributed by atoms with van der Waals surface area (Å²) in [5, 5.41) is 22.1. The molecular weight excluding hydrogens is 394 g/mol. The maximum atomic E-state index is 13.0. The second kappa shape index (κ2) is 8.66. The van der Waals surface area contributed by atoms with E-state index in [1.54, 1.807) is 24.4 Å². The summed E-state index contributed by atoms with van der Waals surface area (Å²) < 4.78 is 18.6. The van der Waals surface area contributed by atoms with Gasteiger partial charge in [-0.1, -0.05) is 11.8 Å². The molecule has 2 aliphatic rings. The van der Waals surface area contributed by atoms with Gasteiger partial charge in [0.05, 0.1) is 23.8 Å². The van der Waals surface area contributed by atoms with Crippen LogP contribution in [0.5, 0.6) is 11.5 Å². The number of thioether (sulfide) groups is 1. The van der Waals surface area contributed by atoms with Crippen LogP contribution >= 0.6 is 11.8 Å². The average molecular weight is 404 g/mol. The van der Waals surface area contributed by atoms with E-state index in [1.807, 2.05) is 0 Å². The van der Waals surface area contributed by atoms with Gasteiger partial charge in [0.15, 0.2) is 0 Å². The molecule has 2 aliphatic heterocycles. The largest absolute Gasteiger partial charge is 1.00 e. The maximum absolute atomic E-state index is 13.0. The molecule has 1 atom stereocenters. The van der Waals surface area contributed by atoms with Gasteiger partial charge in [-0.05, 0) is 42.5 Å². The molecule has 2 heterocycles. The van der Waals surface area contributed by atoms with E-state index in [1.165, 1.54) is 42.4 Å². The molecule has 0 N–H and O–H groups in total. The average Bonchev–Trinajstić information content (AvgIpc) is 3.09. The van der Waals surface area contributed by atoms with Crippen LogP contribution in [0.2, 0.25) is 0 Å². The van der Waals surface area contributed by atoms with Gasteiger partial charge in [-0.3, -0.25) is 0 Å². The first-order valence-corrected chi connectivity index (χ1v) is 8.44. The number of nitriles is 1. The Hall–Kier alpha value is -1.51. The smallest absolute Gasteiger partial charge is 0.757 e. The third-order valence-corrected chi connectivity index (χ3v) is 4.94. The molecule has 0 fully saturated rings. The molecule has 0 radical (unpaired) electrons. The van der Waals surface area contributed by atoms with Crippen molar-refractivity contribution in [2.45, 2.75) is 5.37 Å². The Morgan fingerprint density at radius 3 is 2.70 bits per heavy atom. The van der Waals surface area contributed by atoms with Crippen molar-refractivity contribution in [3.05, 3.63) is 76.5 Å². The Bertz CT molecular complexity index is 1000. The SMILES string of the molecule is N#Cc1cc(C2=NC3=CN=CN([O-])C3S2)ccc1Oc1ccc(F)cc1.[K+]. The Kier molecular flexibility index (Phi) is 6.49. The molecule has 27 heavy (non-hydrogen) atoms. The van der Waals surface area contributed by atoms with Crippen LogP contribution in [0.4, 0.5) is 4.39 Å². The second-order valence-corrected chi connectivity index (χ2v) is 6.51. The van der Waals surface area contributed by atoms with Gasteiger partial charge in [-0.25, -0.2) is 14.4 Å². The molecule has 9 heteroatoms. The van der Waals surface area contributed by atoms with Gasteiger partial charge >= 0.3 is 51.4 Å². The van der Waals surface area contributed by atoms with Crippen LogP contribution < -0.4 is 56.1 Å². The van der Waals surface area contributed by atoms with Crippen molar-refractivity contribution in [3.8, 4) is 17.6 Å². The van der Waals surface area contributed by atoms with E-state index in [0.29, 0.717) is 33.4 Å². The van der Waals surface area contributed by atoms with E-state index in [4.69, 9.17) is 4.74 Å². The number of ether oxygens (including phenoxy) is 1. The van der Waals surface area contributed by atoms with E-state index in [-0.39, 0.29) is 57.2 Å². The van der Waals surface area contributed by atoms with E-state index in [2.05, 4.69) is 16.1 Å². The van der Waals surface area contributed by atoms with Crippen molar-refractivity contribution in [1.29, 1.82) is 5.26 Å². The summed E-state index contributed by atoms with van der Waals surface area (Å²) >= 11 is 1.30. The number of benzene rings is 2. The predicted molar refractivity (Wildman–Crippen MR) is 97.3 cm³/mol. The molecule has 0 bridgehead atoms. The van der Waals surface area contributed by atoms with Crippen LogP contribution in [0.3, 0.4) is 0 Å². The van der Waals surface area contributed by atoms with Gasteiger partial charge in [0.1, 0.15) is 33.8 Å². The van der Waals surface area contributed by atoms with Crippen molar-refractivity contribution in [2.75, 3.05) is 0 Å². The van der Waals surface area contributed by atoms with Gasteiger partial charge in [0, 0.05) is 5.56 Å². The van der Waals surface area contributed by atoms with Gasteiger partial charge in [-0.15, -0.1) is 0 Å². The summed E-state index contributed by atoms with van der Waals surface area (Å²) in [7, 11) is 0. The van der Waals surface area contributed by atoms with Crippen molar-refractivity contribution >= 4 is 23.1 Å². The van der Waals surface area contributed by atoms with Crippen molar-refractivity contribution in [3.63, 3.8) is 0 Å². The van der Waals surface area contributed by atoms with Gasteiger partial charge in [0.2, 0.25) is 0 Å². The minimum Gasteiger partial charge on any atom is -0.757 e. The summed E-state index contributed by atoms with van der Waals surface area (Å²) in [4.78, 5) is 8.26. The first kappa shape index (κ1) is 20.2. The molecule has 0 saturated heterocycles. The third-order valence-electron chi connectivity index (χ3n) is 3.71. The minimum absolute atomic E-state index is 0. The molecule has 0 saturated carbocycles. The Morgan fingerprint density at radius 2 is 2.00 bits per heavy atom. The summed E-state index contributed by atoms with van der Waals surface area (Å²) in [6.45, 7) is 0. The fourth-order valence-electron chi connectivity index (χ4n) is 2.48. The van der Waals surface area contributed by atoms with E-state index < -0.39 is 5.37 Å². The van der Waals surface area contributed by atoms with Gasteiger partial charge < -0.3 is 15.0 Å². The number of hydrogen-bond acceptors (Lipinski definition) is 7. The molecular formula is C18H10FKN4O2S. The molecule has 0 aliphatic carbocycles. The quantitative estimate of drug-likeness (QED) is 0.713. The zero-order valence-corrected chi connectivity index (χ0v) is 18.1. The standard InChI is InChI=1S/C18H10FN4O2S.K/c19-13-2-4-14(5-3-13)25-16-6-1-11(7-12(16)8-20)17-22-15-9-21-10-23(24)18(15)26-17;/h1-7,9-10,18H;/q-1;+1. The Morgan fingerprint density at radius 1 is 1.22 bits per heavy atom. The first-order chi connectivity index (χ1) is 12.6. The Balaban J connectivity index is 0.00000210. The van der Waals surface area contributed by atoms with E-state index in [0.717, 1.165) is 5.06 Å². The van der Waals surface area contributed by atoms with E-state index >= 15 is 0 Å². The third kappa shape index (κ3) is 4.33. The molecule has 0 aromatic heterocycles. The van der Waals surface area contributed by atoms with Crippen LogP contribution in [0, 0.1) is 22.4 Å². The van der Waals surface area contributed by atoms with Crippen molar-refractivity contribution in [2.24, 2.45) is 9.98 Å². The number of hydrogen-bond donors (Lipinski definition) is 0. The summed E-state index contributed by atoms with van der Waals surface area (Å²) in [6, 6.07) is 12.7. The molecule has 6 nitrogen and oxygen atoms in total. The monoisotopic (exact) mass is 404 g/mol. The predicted octanol–water partition coefficient (Wildman–Crippen LogP) is 0.996. The van der Waals surface area contributed by atoms with Crippen LogP contribution in [0.25, 0.3) is 0 Å². The Labute approximate surface area is 201 Å². The van der Waals surface area contributed by atoms with Crippen LogP contribution in [0.1, 0.15) is 11.1 Å².